The van der Waals surface area contributed by atoms with Gasteiger partial charge in [0.25, 0.3) is 11.7 Å². The summed E-state index contributed by atoms with van der Waals surface area (Å²) in [6.45, 7) is 8.73. The highest BCUT2D eigenvalue weighted by Gasteiger charge is 2.45. The summed E-state index contributed by atoms with van der Waals surface area (Å²) in [5.41, 5.74) is 1.28. The lowest BCUT2D eigenvalue weighted by Crippen LogP contribution is -2.30. The van der Waals surface area contributed by atoms with Gasteiger partial charge in [0.1, 0.15) is 17.3 Å². The highest BCUT2D eigenvalue weighted by Crippen LogP contribution is 2.40. The maximum Gasteiger partial charge on any atom is 0.295 e. The van der Waals surface area contributed by atoms with Crippen molar-refractivity contribution in [3.8, 4) is 11.5 Å². The Morgan fingerprint density at radius 3 is 2.41 bits per heavy atom. The number of aliphatic hydroxyl groups is 1. The molecule has 1 amide bonds. The summed E-state index contributed by atoms with van der Waals surface area (Å²) in [7, 11) is 0. The summed E-state index contributed by atoms with van der Waals surface area (Å²) >= 11 is 0. The van der Waals surface area contributed by atoms with Gasteiger partial charge in [-0.25, -0.2) is 0 Å². The molecule has 170 valence electrons. The molecule has 1 heterocycles. The Labute approximate surface area is 189 Å². The molecule has 0 bridgehead atoms. The number of likely N-dealkylation sites (tertiary alicyclic amines) is 1. The van der Waals surface area contributed by atoms with Crippen molar-refractivity contribution in [2.75, 3.05) is 13.2 Å². The number of ether oxygens (including phenoxy) is 2. The zero-order valence-electron chi connectivity index (χ0n) is 19.1. The number of rotatable bonds is 9. The van der Waals surface area contributed by atoms with E-state index in [1.54, 1.807) is 29.2 Å². The first kappa shape index (κ1) is 23.4. The summed E-state index contributed by atoms with van der Waals surface area (Å²) in [4.78, 5) is 27.5. The van der Waals surface area contributed by atoms with E-state index >= 15 is 0 Å². The van der Waals surface area contributed by atoms with Crippen molar-refractivity contribution < 1.29 is 24.2 Å². The molecule has 0 aliphatic carbocycles. The van der Waals surface area contributed by atoms with Crippen molar-refractivity contribution in [1.29, 1.82) is 0 Å². The Bertz CT molecular complexity index is 994. The fourth-order valence-corrected chi connectivity index (χ4v) is 3.85. The van der Waals surface area contributed by atoms with Crippen molar-refractivity contribution in [2.45, 2.75) is 52.7 Å². The summed E-state index contributed by atoms with van der Waals surface area (Å²) in [6, 6.07) is 13.5. The number of hydrogen-bond donors (Lipinski definition) is 1. The molecule has 1 saturated heterocycles. The quantitative estimate of drug-likeness (QED) is 0.336. The lowest BCUT2D eigenvalue weighted by molar-refractivity contribution is -0.139. The van der Waals surface area contributed by atoms with Crippen molar-refractivity contribution in [3.05, 3.63) is 65.2 Å². The van der Waals surface area contributed by atoms with E-state index in [0.29, 0.717) is 30.2 Å². The molecular formula is C26H31NO5. The molecular weight excluding hydrogens is 406 g/mol. The minimum atomic E-state index is -0.673. The molecule has 2 aromatic carbocycles. The molecule has 3 rings (SSSR count). The van der Waals surface area contributed by atoms with E-state index in [9.17, 15) is 14.7 Å². The lowest BCUT2D eigenvalue weighted by Gasteiger charge is -2.25. The van der Waals surface area contributed by atoms with E-state index in [1.165, 1.54) is 0 Å². The van der Waals surface area contributed by atoms with Crippen LogP contribution in [0.4, 0.5) is 0 Å². The van der Waals surface area contributed by atoms with Gasteiger partial charge in [-0.05, 0) is 69.2 Å². The third kappa shape index (κ3) is 4.96. The number of carbonyl (C=O) groups is 2. The van der Waals surface area contributed by atoms with Crippen LogP contribution >= 0.6 is 0 Å². The first-order chi connectivity index (χ1) is 15.4. The number of amides is 1. The monoisotopic (exact) mass is 437 g/mol. The lowest BCUT2D eigenvalue weighted by atomic mass is 9.95. The van der Waals surface area contributed by atoms with Gasteiger partial charge in [0.15, 0.2) is 0 Å². The topological polar surface area (TPSA) is 76.1 Å². The summed E-state index contributed by atoms with van der Waals surface area (Å²) < 4.78 is 11.3. The molecule has 6 heteroatoms. The van der Waals surface area contributed by atoms with E-state index < -0.39 is 17.7 Å². The van der Waals surface area contributed by atoms with Crippen molar-refractivity contribution in [2.24, 2.45) is 0 Å². The number of Topliss-reactive ketones (excluding diaryl/α,β-unsaturated/α-hetero) is 1. The van der Waals surface area contributed by atoms with Crippen LogP contribution in [0.25, 0.3) is 5.76 Å². The number of benzene rings is 2. The van der Waals surface area contributed by atoms with Crippen LogP contribution in [-0.2, 0) is 9.59 Å². The molecule has 1 atom stereocenters. The van der Waals surface area contributed by atoms with E-state index in [1.807, 2.05) is 52.0 Å². The Balaban J connectivity index is 2.08. The van der Waals surface area contributed by atoms with Crippen LogP contribution in [0.15, 0.2) is 54.1 Å². The van der Waals surface area contributed by atoms with Crippen LogP contribution in [0.5, 0.6) is 11.5 Å². The van der Waals surface area contributed by atoms with Crippen LogP contribution in [0.3, 0.4) is 0 Å². The Morgan fingerprint density at radius 2 is 1.78 bits per heavy atom. The molecule has 1 aliphatic rings. The molecule has 1 N–H and O–H groups in total. The van der Waals surface area contributed by atoms with E-state index in [-0.39, 0.29) is 17.4 Å². The van der Waals surface area contributed by atoms with Gasteiger partial charge in [0.05, 0.1) is 24.3 Å². The second-order valence-electron chi connectivity index (χ2n) is 8.04. The third-order valence-electron chi connectivity index (χ3n) is 5.28. The number of hydrogen-bond acceptors (Lipinski definition) is 5. The van der Waals surface area contributed by atoms with Crippen molar-refractivity contribution >= 4 is 17.4 Å². The Hall–Kier alpha value is -3.28. The number of unbranched alkanes of at least 4 members (excludes halogenated alkanes) is 1. The SMILES string of the molecule is CCCCN1C(=O)C(=O)/C(=C(\O)c2ccc(OC(C)C)cc2)C1c1cccc(OCC)c1. The van der Waals surface area contributed by atoms with E-state index in [2.05, 4.69) is 0 Å². The minimum Gasteiger partial charge on any atom is -0.507 e. The average Bonchev–Trinajstić information content (AvgIpc) is 3.02. The predicted molar refractivity (Wildman–Crippen MR) is 124 cm³/mol. The van der Waals surface area contributed by atoms with Gasteiger partial charge in [0.2, 0.25) is 0 Å². The van der Waals surface area contributed by atoms with Gasteiger partial charge in [-0.15, -0.1) is 0 Å². The first-order valence-electron chi connectivity index (χ1n) is 11.2. The molecule has 2 aromatic rings. The van der Waals surface area contributed by atoms with Gasteiger partial charge in [-0.1, -0.05) is 25.5 Å². The molecule has 0 saturated carbocycles. The highest BCUT2D eigenvalue weighted by molar-refractivity contribution is 6.46. The maximum absolute atomic E-state index is 13.0. The summed E-state index contributed by atoms with van der Waals surface area (Å²) in [6.07, 6.45) is 1.66. The maximum atomic E-state index is 13.0. The Kier molecular flexibility index (Phi) is 7.57. The van der Waals surface area contributed by atoms with Gasteiger partial charge < -0.3 is 19.5 Å². The van der Waals surface area contributed by atoms with E-state index in [4.69, 9.17) is 9.47 Å². The van der Waals surface area contributed by atoms with Crippen LogP contribution in [0.2, 0.25) is 0 Å². The first-order valence-corrected chi connectivity index (χ1v) is 11.2. The number of ketones is 1. The second-order valence-corrected chi connectivity index (χ2v) is 8.04. The molecule has 32 heavy (non-hydrogen) atoms. The van der Waals surface area contributed by atoms with Crippen molar-refractivity contribution in [3.63, 3.8) is 0 Å². The molecule has 0 radical (unpaired) electrons. The normalized spacial score (nSPS) is 17.8. The minimum absolute atomic E-state index is 0.0240. The van der Waals surface area contributed by atoms with Crippen molar-refractivity contribution in [1.82, 2.24) is 4.90 Å². The zero-order valence-corrected chi connectivity index (χ0v) is 19.1. The second kappa shape index (κ2) is 10.4. The Morgan fingerprint density at radius 1 is 1.06 bits per heavy atom. The largest absolute Gasteiger partial charge is 0.507 e. The third-order valence-corrected chi connectivity index (χ3v) is 5.28. The van der Waals surface area contributed by atoms with E-state index in [0.717, 1.165) is 18.4 Å². The zero-order chi connectivity index (χ0) is 23.3. The summed E-state index contributed by atoms with van der Waals surface area (Å²) in [5.74, 6) is -0.132. The summed E-state index contributed by atoms with van der Waals surface area (Å²) in [5, 5.41) is 11.1. The van der Waals surface area contributed by atoms with Gasteiger partial charge in [-0.3, -0.25) is 9.59 Å². The number of nitrogens with zero attached hydrogens (tertiary/aromatic N) is 1. The predicted octanol–water partition coefficient (Wildman–Crippen LogP) is 5.09. The smallest absolute Gasteiger partial charge is 0.295 e. The highest BCUT2D eigenvalue weighted by atomic mass is 16.5. The number of aliphatic hydroxyl groups excluding tert-OH is 1. The van der Waals surface area contributed by atoms with Crippen LogP contribution in [-0.4, -0.2) is 41.0 Å². The van der Waals surface area contributed by atoms with Crippen LogP contribution in [0, 0.1) is 0 Å². The standard InChI is InChI=1S/C26H31NO5/c1-5-7-15-27-23(19-9-8-10-21(16-19)31-6-2)22(25(29)26(27)30)24(28)18-11-13-20(14-12-18)32-17(3)4/h8-14,16-17,23,28H,5-7,15H2,1-4H3/b24-22-. The molecule has 1 unspecified atom stereocenters. The average molecular weight is 438 g/mol. The van der Waals surface area contributed by atoms with Gasteiger partial charge in [-0.2, -0.15) is 0 Å². The van der Waals surface area contributed by atoms with Gasteiger partial charge in [0, 0.05) is 12.1 Å². The molecule has 0 aromatic heterocycles. The fraction of sp³-hybridized carbons (Fsp3) is 0.385. The number of carbonyl (C=O) groups excluding carboxylic acids is 2. The fourth-order valence-electron chi connectivity index (χ4n) is 3.85. The molecule has 1 aliphatic heterocycles. The molecule has 1 fully saturated rings. The molecule has 0 spiro atoms. The van der Waals surface area contributed by atoms with Crippen LogP contribution < -0.4 is 9.47 Å². The molecule has 6 nitrogen and oxygen atoms in total. The van der Waals surface area contributed by atoms with Gasteiger partial charge >= 0.3 is 0 Å². The van der Waals surface area contributed by atoms with Crippen LogP contribution in [0.1, 0.15) is 57.7 Å².